The Labute approximate surface area is 130 Å². The predicted octanol–water partition coefficient (Wildman–Crippen LogP) is 2.52. The third-order valence-electron chi connectivity index (χ3n) is 3.39. The number of aromatic nitrogens is 1. The number of hydrogen-bond acceptors (Lipinski definition) is 4. The van der Waals surface area contributed by atoms with Gasteiger partial charge in [0.2, 0.25) is 5.91 Å². The van der Waals surface area contributed by atoms with Crippen molar-refractivity contribution >= 4 is 5.91 Å². The van der Waals surface area contributed by atoms with Crippen LogP contribution in [0.4, 0.5) is 0 Å². The van der Waals surface area contributed by atoms with Crippen molar-refractivity contribution in [2.75, 3.05) is 6.54 Å². The van der Waals surface area contributed by atoms with E-state index in [1.807, 2.05) is 44.2 Å². The maximum absolute atomic E-state index is 11.8. The minimum atomic E-state index is -0.361. The fraction of sp³-hybridized carbons (Fsp3) is 0.412. The van der Waals surface area contributed by atoms with E-state index in [0.29, 0.717) is 31.7 Å². The largest absolute Gasteiger partial charge is 0.441 e. The molecule has 5 nitrogen and oxygen atoms in total. The van der Waals surface area contributed by atoms with E-state index < -0.39 is 0 Å². The molecule has 118 valence electrons. The number of nitrogens with one attached hydrogen (secondary N) is 1. The minimum absolute atomic E-state index is 0.00490. The van der Waals surface area contributed by atoms with E-state index in [1.54, 1.807) is 6.20 Å². The molecule has 1 aromatic heterocycles. The molecule has 2 aromatic rings. The van der Waals surface area contributed by atoms with Gasteiger partial charge in [0.25, 0.3) is 0 Å². The number of nitrogens with zero attached hydrogens (tertiary/aromatic N) is 1. The lowest BCUT2D eigenvalue weighted by atomic mass is 10.1. The van der Waals surface area contributed by atoms with E-state index in [2.05, 4.69) is 10.3 Å². The highest BCUT2D eigenvalue weighted by molar-refractivity contribution is 5.76. The Hall–Kier alpha value is -2.14. The number of carbonyl (C=O) groups excluding carboxylic acids is 1. The Morgan fingerprint density at radius 1 is 1.32 bits per heavy atom. The molecule has 1 heterocycles. The number of oxazole rings is 1. The van der Waals surface area contributed by atoms with Gasteiger partial charge in [-0.3, -0.25) is 4.79 Å². The third kappa shape index (κ3) is 4.70. The highest BCUT2D eigenvalue weighted by atomic mass is 16.4. The molecule has 0 aliphatic rings. The van der Waals surface area contributed by atoms with Crippen LogP contribution in [-0.4, -0.2) is 23.0 Å². The van der Waals surface area contributed by atoms with Crippen molar-refractivity contribution < 1.29 is 9.21 Å². The van der Waals surface area contributed by atoms with E-state index >= 15 is 0 Å². The number of aryl methyl sites for hydroxylation is 1. The molecular weight excluding hydrogens is 278 g/mol. The molecular formula is C17H23N3O2. The first-order chi connectivity index (χ1) is 10.5. The number of hydrogen-bond donors (Lipinski definition) is 2. The molecule has 22 heavy (non-hydrogen) atoms. The normalized spacial score (nSPS) is 11.4. The lowest BCUT2D eigenvalue weighted by Crippen LogP contribution is -2.48. The zero-order valence-corrected chi connectivity index (χ0v) is 13.1. The van der Waals surface area contributed by atoms with Crippen LogP contribution in [0.1, 0.15) is 32.6 Å². The molecule has 0 unspecified atom stereocenters. The van der Waals surface area contributed by atoms with E-state index in [1.165, 1.54) is 0 Å². The summed E-state index contributed by atoms with van der Waals surface area (Å²) in [5.41, 5.74) is 6.24. The zero-order valence-electron chi connectivity index (χ0n) is 13.1. The van der Waals surface area contributed by atoms with Crippen molar-refractivity contribution in [3.63, 3.8) is 0 Å². The van der Waals surface area contributed by atoms with E-state index in [-0.39, 0.29) is 11.4 Å². The molecule has 1 aromatic carbocycles. The average molecular weight is 301 g/mol. The van der Waals surface area contributed by atoms with Gasteiger partial charge >= 0.3 is 0 Å². The van der Waals surface area contributed by atoms with Gasteiger partial charge in [0.15, 0.2) is 11.7 Å². The first-order valence-corrected chi connectivity index (χ1v) is 7.51. The second-order valence-electron chi connectivity index (χ2n) is 5.97. The van der Waals surface area contributed by atoms with Crippen molar-refractivity contribution in [3.8, 4) is 11.3 Å². The van der Waals surface area contributed by atoms with Crippen LogP contribution in [0.25, 0.3) is 11.3 Å². The van der Waals surface area contributed by atoms with E-state index in [0.717, 1.165) is 11.3 Å². The molecule has 0 spiro atoms. The molecule has 2 rings (SSSR count). The van der Waals surface area contributed by atoms with Crippen LogP contribution < -0.4 is 11.1 Å². The molecule has 0 atom stereocenters. The van der Waals surface area contributed by atoms with Gasteiger partial charge in [-0.2, -0.15) is 0 Å². The van der Waals surface area contributed by atoms with E-state index in [9.17, 15) is 4.79 Å². The molecule has 0 fully saturated rings. The quantitative estimate of drug-likeness (QED) is 0.823. The van der Waals surface area contributed by atoms with Gasteiger partial charge in [-0.15, -0.1) is 0 Å². The van der Waals surface area contributed by atoms with Crippen molar-refractivity contribution in [2.24, 2.45) is 5.73 Å². The molecule has 3 N–H and O–H groups in total. The van der Waals surface area contributed by atoms with Crippen molar-refractivity contribution in [1.82, 2.24) is 10.3 Å². The van der Waals surface area contributed by atoms with Gasteiger partial charge in [0.05, 0.1) is 6.20 Å². The molecule has 0 aliphatic heterocycles. The number of carbonyl (C=O) groups is 1. The second-order valence-corrected chi connectivity index (χ2v) is 5.97. The molecule has 0 saturated carbocycles. The molecule has 0 saturated heterocycles. The molecule has 5 heteroatoms. The summed E-state index contributed by atoms with van der Waals surface area (Å²) in [4.78, 5) is 16.1. The first-order valence-electron chi connectivity index (χ1n) is 7.51. The molecule has 1 amide bonds. The summed E-state index contributed by atoms with van der Waals surface area (Å²) in [6.45, 7) is 4.23. The van der Waals surface area contributed by atoms with Gasteiger partial charge in [-0.05, 0) is 20.3 Å². The lowest BCUT2D eigenvalue weighted by molar-refractivity contribution is -0.122. The smallest absolute Gasteiger partial charge is 0.220 e. The maximum atomic E-state index is 11.8. The molecule has 0 radical (unpaired) electrons. The van der Waals surface area contributed by atoms with Gasteiger partial charge in [0.1, 0.15) is 0 Å². The first kappa shape index (κ1) is 16.2. The highest BCUT2D eigenvalue weighted by Gasteiger charge is 2.17. The summed E-state index contributed by atoms with van der Waals surface area (Å²) in [5, 5.41) is 2.91. The maximum Gasteiger partial charge on any atom is 0.220 e. The molecule has 0 bridgehead atoms. The Bertz CT molecular complexity index is 605. The fourth-order valence-corrected chi connectivity index (χ4v) is 2.05. The Kier molecular flexibility index (Phi) is 5.33. The monoisotopic (exact) mass is 301 g/mol. The van der Waals surface area contributed by atoms with Crippen LogP contribution in [0, 0.1) is 0 Å². The highest BCUT2D eigenvalue weighted by Crippen LogP contribution is 2.20. The number of benzene rings is 1. The van der Waals surface area contributed by atoms with Gasteiger partial charge < -0.3 is 15.5 Å². The van der Waals surface area contributed by atoms with Crippen LogP contribution in [-0.2, 0) is 11.2 Å². The number of rotatable bonds is 7. The third-order valence-corrected chi connectivity index (χ3v) is 3.39. The predicted molar refractivity (Wildman–Crippen MR) is 86.2 cm³/mol. The Morgan fingerprint density at radius 2 is 2.05 bits per heavy atom. The summed E-state index contributed by atoms with van der Waals surface area (Å²) >= 11 is 0. The Morgan fingerprint density at radius 3 is 2.73 bits per heavy atom. The van der Waals surface area contributed by atoms with E-state index in [4.69, 9.17) is 10.2 Å². The second kappa shape index (κ2) is 7.22. The zero-order chi connectivity index (χ0) is 16.0. The van der Waals surface area contributed by atoms with Gasteiger partial charge in [-0.25, -0.2) is 4.98 Å². The minimum Gasteiger partial charge on any atom is -0.441 e. The van der Waals surface area contributed by atoms with Gasteiger partial charge in [0, 0.05) is 30.5 Å². The number of nitrogens with two attached hydrogens (primary N) is 1. The summed E-state index contributed by atoms with van der Waals surface area (Å²) in [6.07, 6.45) is 3.50. The van der Waals surface area contributed by atoms with Crippen molar-refractivity contribution in [2.45, 2.75) is 38.6 Å². The van der Waals surface area contributed by atoms with Crippen molar-refractivity contribution in [3.05, 3.63) is 42.4 Å². The topological polar surface area (TPSA) is 81.1 Å². The summed E-state index contributed by atoms with van der Waals surface area (Å²) in [5.74, 6) is 1.42. The summed E-state index contributed by atoms with van der Waals surface area (Å²) in [7, 11) is 0. The van der Waals surface area contributed by atoms with Crippen LogP contribution in [0.5, 0.6) is 0 Å². The summed E-state index contributed by atoms with van der Waals surface area (Å²) < 4.78 is 5.71. The van der Waals surface area contributed by atoms with Crippen LogP contribution in [0.3, 0.4) is 0 Å². The van der Waals surface area contributed by atoms with Crippen LogP contribution in [0.15, 0.2) is 40.9 Å². The Balaban J connectivity index is 1.81. The lowest BCUT2D eigenvalue weighted by Gasteiger charge is -2.24. The SMILES string of the molecule is CC(C)(CN)NC(=O)CCCc1ncc(-c2ccccc2)o1. The van der Waals surface area contributed by atoms with Crippen LogP contribution in [0.2, 0.25) is 0 Å². The van der Waals surface area contributed by atoms with Gasteiger partial charge in [-0.1, -0.05) is 30.3 Å². The standard InChI is InChI=1S/C17H23N3O2/c1-17(2,12-18)20-15(21)9-6-10-16-19-11-14(22-16)13-7-4-3-5-8-13/h3-5,7-8,11H,6,9-10,12,18H2,1-2H3,(H,20,21). The fourth-order valence-electron chi connectivity index (χ4n) is 2.05. The average Bonchev–Trinajstić information content (AvgIpc) is 2.96. The summed E-state index contributed by atoms with van der Waals surface area (Å²) in [6, 6.07) is 9.84. The van der Waals surface area contributed by atoms with Crippen LogP contribution >= 0.6 is 0 Å². The van der Waals surface area contributed by atoms with Crippen molar-refractivity contribution in [1.29, 1.82) is 0 Å². The molecule has 0 aliphatic carbocycles. The number of amides is 1.